The lowest BCUT2D eigenvalue weighted by Gasteiger charge is -2.16. The summed E-state index contributed by atoms with van der Waals surface area (Å²) < 4.78 is 15.4. The van der Waals surface area contributed by atoms with Crippen molar-refractivity contribution in [3.05, 3.63) is 35.4 Å². The zero-order valence-corrected chi connectivity index (χ0v) is 17.8. The maximum Gasteiger partial charge on any atom is 0.326 e. The summed E-state index contributed by atoms with van der Waals surface area (Å²) in [7, 11) is 2.97. The molecule has 1 atom stereocenters. The molecule has 1 unspecified atom stereocenters. The Hall–Kier alpha value is -3.03. The molecular weight excluding hydrogens is 388 g/mol. The van der Waals surface area contributed by atoms with Gasteiger partial charge in [-0.05, 0) is 57.2 Å². The summed E-state index contributed by atoms with van der Waals surface area (Å²) in [6.45, 7) is 1.67. The summed E-state index contributed by atoms with van der Waals surface area (Å²) in [6, 6.07) is 4.67. The van der Waals surface area contributed by atoms with E-state index in [-0.39, 0.29) is 12.5 Å². The van der Waals surface area contributed by atoms with Crippen LogP contribution in [-0.2, 0) is 14.3 Å². The normalized spacial score (nSPS) is 14.2. The average molecular weight is 418 g/mol. The lowest BCUT2D eigenvalue weighted by molar-refractivity contribution is -0.153. The molecule has 2 amide bonds. The maximum absolute atomic E-state index is 12.2. The van der Waals surface area contributed by atoms with Gasteiger partial charge >= 0.3 is 5.97 Å². The molecule has 0 bridgehead atoms. The first kappa shape index (κ1) is 23.3. The van der Waals surface area contributed by atoms with Gasteiger partial charge in [0.2, 0.25) is 0 Å². The van der Waals surface area contributed by atoms with Crippen LogP contribution in [-0.4, -0.2) is 51.2 Å². The van der Waals surface area contributed by atoms with E-state index in [0.717, 1.165) is 19.3 Å². The van der Waals surface area contributed by atoms with E-state index in [0.29, 0.717) is 23.6 Å². The second-order valence-electron chi connectivity index (χ2n) is 7.03. The molecule has 1 aliphatic carbocycles. The monoisotopic (exact) mass is 418 g/mol. The van der Waals surface area contributed by atoms with Crippen molar-refractivity contribution in [1.82, 2.24) is 10.6 Å². The molecule has 1 aliphatic rings. The number of esters is 1. The number of hydrogen-bond acceptors (Lipinski definition) is 6. The molecule has 1 aromatic rings. The third kappa shape index (κ3) is 7.09. The number of carbonyl (C=O) groups is 3. The van der Waals surface area contributed by atoms with Crippen LogP contribution in [0, 0.1) is 0 Å². The van der Waals surface area contributed by atoms with Crippen molar-refractivity contribution in [2.45, 2.75) is 45.1 Å². The Morgan fingerprint density at radius 2 is 1.83 bits per heavy atom. The number of benzene rings is 1. The van der Waals surface area contributed by atoms with Crippen LogP contribution in [0.15, 0.2) is 29.8 Å². The van der Waals surface area contributed by atoms with Gasteiger partial charge in [0, 0.05) is 12.1 Å². The molecule has 164 valence electrons. The molecule has 0 saturated carbocycles. The summed E-state index contributed by atoms with van der Waals surface area (Å²) in [6.07, 6.45) is 6.73. The standard InChI is InChI=1S/C22H30N2O6/c1-15(21(26)23-12-11-16-7-5-4-6-8-16)30-20(25)14-24-22(27)17-9-10-18(28-2)19(13-17)29-3/h7,9-10,13,15H,4-6,8,11-12,14H2,1-3H3,(H,23,26)(H,24,27). The Labute approximate surface area is 176 Å². The Morgan fingerprint density at radius 1 is 1.07 bits per heavy atom. The molecule has 0 fully saturated rings. The second kappa shape index (κ2) is 11.8. The first-order chi connectivity index (χ1) is 14.4. The fourth-order valence-corrected chi connectivity index (χ4v) is 3.15. The molecule has 0 spiro atoms. The summed E-state index contributed by atoms with van der Waals surface area (Å²) in [4.78, 5) is 36.3. The number of allylic oxidation sites excluding steroid dienone is 1. The molecule has 8 heteroatoms. The van der Waals surface area contributed by atoms with E-state index in [1.165, 1.54) is 45.6 Å². The highest BCUT2D eigenvalue weighted by Crippen LogP contribution is 2.27. The van der Waals surface area contributed by atoms with Gasteiger partial charge in [-0.2, -0.15) is 0 Å². The van der Waals surface area contributed by atoms with Gasteiger partial charge in [0.15, 0.2) is 17.6 Å². The average Bonchev–Trinajstić information content (AvgIpc) is 2.77. The van der Waals surface area contributed by atoms with Gasteiger partial charge in [-0.25, -0.2) is 0 Å². The van der Waals surface area contributed by atoms with Crippen LogP contribution in [0.25, 0.3) is 0 Å². The zero-order valence-electron chi connectivity index (χ0n) is 17.8. The van der Waals surface area contributed by atoms with E-state index >= 15 is 0 Å². The Bertz CT molecular complexity index is 790. The van der Waals surface area contributed by atoms with Gasteiger partial charge in [0.05, 0.1) is 14.2 Å². The molecule has 0 radical (unpaired) electrons. The van der Waals surface area contributed by atoms with E-state index in [4.69, 9.17) is 14.2 Å². The van der Waals surface area contributed by atoms with E-state index < -0.39 is 18.0 Å². The minimum atomic E-state index is -0.934. The van der Waals surface area contributed by atoms with Gasteiger partial charge in [-0.1, -0.05) is 11.6 Å². The van der Waals surface area contributed by atoms with E-state index in [2.05, 4.69) is 16.7 Å². The molecule has 0 heterocycles. The predicted molar refractivity (Wildman–Crippen MR) is 112 cm³/mol. The van der Waals surface area contributed by atoms with Crippen LogP contribution in [0.1, 0.15) is 49.4 Å². The zero-order chi connectivity index (χ0) is 21.9. The molecule has 8 nitrogen and oxygen atoms in total. The van der Waals surface area contributed by atoms with Crippen LogP contribution in [0.4, 0.5) is 0 Å². The number of hydrogen-bond donors (Lipinski definition) is 2. The molecule has 2 rings (SSSR count). The highest BCUT2D eigenvalue weighted by atomic mass is 16.5. The van der Waals surface area contributed by atoms with Crippen molar-refractivity contribution in [2.24, 2.45) is 0 Å². The molecule has 30 heavy (non-hydrogen) atoms. The number of ether oxygens (including phenoxy) is 3. The molecular formula is C22H30N2O6. The van der Waals surface area contributed by atoms with Crippen LogP contribution >= 0.6 is 0 Å². The topological polar surface area (TPSA) is 103 Å². The largest absolute Gasteiger partial charge is 0.493 e. The number of rotatable bonds is 10. The van der Waals surface area contributed by atoms with E-state index in [1.54, 1.807) is 12.1 Å². The third-order valence-corrected chi connectivity index (χ3v) is 4.85. The second-order valence-corrected chi connectivity index (χ2v) is 7.03. The fourth-order valence-electron chi connectivity index (χ4n) is 3.15. The number of methoxy groups -OCH3 is 2. The van der Waals surface area contributed by atoms with Crippen LogP contribution in [0.2, 0.25) is 0 Å². The lowest BCUT2D eigenvalue weighted by Crippen LogP contribution is -2.39. The lowest BCUT2D eigenvalue weighted by atomic mass is 9.97. The molecule has 0 saturated heterocycles. The van der Waals surface area contributed by atoms with Gasteiger partial charge in [0.25, 0.3) is 11.8 Å². The quantitative estimate of drug-likeness (QED) is 0.447. The summed E-state index contributed by atoms with van der Waals surface area (Å²) in [5, 5.41) is 5.25. The van der Waals surface area contributed by atoms with Crippen LogP contribution in [0.5, 0.6) is 11.5 Å². The van der Waals surface area contributed by atoms with Crippen LogP contribution in [0.3, 0.4) is 0 Å². The van der Waals surface area contributed by atoms with Gasteiger partial charge < -0.3 is 24.8 Å². The maximum atomic E-state index is 12.2. The Balaban J connectivity index is 1.73. The molecule has 0 aliphatic heterocycles. The van der Waals surface area contributed by atoms with Crippen molar-refractivity contribution in [1.29, 1.82) is 0 Å². The Kier molecular flexibility index (Phi) is 9.18. The van der Waals surface area contributed by atoms with Gasteiger partial charge in [0.1, 0.15) is 6.54 Å². The molecule has 0 aromatic heterocycles. The summed E-state index contributed by atoms with van der Waals surface area (Å²) >= 11 is 0. The van der Waals surface area contributed by atoms with Gasteiger partial charge in [-0.3, -0.25) is 14.4 Å². The minimum Gasteiger partial charge on any atom is -0.493 e. The minimum absolute atomic E-state index is 0.309. The third-order valence-electron chi connectivity index (χ3n) is 4.85. The highest BCUT2D eigenvalue weighted by molar-refractivity contribution is 5.96. The first-order valence-electron chi connectivity index (χ1n) is 10.1. The first-order valence-corrected chi connectivity index (χ1v) is 10.1. The van der Waals surface area contributed by atoms with Crippen molar-refractivity contribution < 1.29 is 28.6 Å². The van der Waals surface area contributed by atoms with Crippen molar-refractivity contribution in [3.8, 4) is 11.5 Å². The molecule has 1 aromatic carbocycles. The van der Waals surface area contributed by atoms with E-state index in [1.807, 2.05) is 0 Å². The predicted octanol–water partition coefficient (Wildman–Crippen LogP) is 2.37. The summed E-state index contributed by atoms with van der Waals surface area (Å²) in [5.41, 5.74) is 1.67. The molecule has 2 N–H and O–H groups in total. The highest BCUT2D eigenvalue weighted by Gasteiger charge is 2.19. The SMILES string of the molecule is COc1ccc(C(=O)NCC(=O)OC(C)C(=O)NCCC2=CCCCC2)cc1OC. The Morgan fingerprint density at radius 3 is 2.50 bits per heavy atom. The van der Waals surface area contributed by atoms with Crippen LogP contribution < -0.4 is 20.1 Å². The number of amides is 2. The van der Waals surface area contributed by atoms with E-state index in [9.17, 15) is 14.4 Å². The summed E-state index contributed by atoms with van der Waals surface area (Å²) in [5.74, 6) is -0.617. The van der Waals surface area contributed by atoms with Crippen molar-refractivity contribution in [3.63, 3.8) is 0 Å². The number of nitrogens with one attached hydrogen (secondary N) is 2. The van der Waals surface area contributed by atoms with Gasteiger partial charge in [-0.15, -0.1) is 0 Å². The fraction of sp³-hybridized carbons (Fsp3) is 0.500. The smallest absolute Gasteiger partial charge is 0.326 e. The van der Waals surface area contributed by atoms with Crippen molar-refractivity contribution in [2.75, 3.05) is 27.3 Å². The van der Waals surface area contributed by atoms with Crippen molar-refractivity contribution >= 4 is 17.8 Å². The number of carbonyl (C=O) groups excluding carboxylic acids is 3.